The van der Waals surface area contributed by atoms with Crippen LogP contribution in [-0.2, 0) is 6.54 Å². The molecule has 4 rings (SSSR count). The summed E-state index contributed by atoms with van der Waals surface area (Å²) >= 11 is 1.62. The second-order valence-electron chi connectivity index (χ2n) is 6.59. The number of imidazole rings is 1. The van der Waals surface area contributed by atoms with Crippen molar-refractivity contribution in [1.82, 2.24) is 14.9 Å². The second kappa shape index (κ2) is 6.88. The van der Waals surface area contributed by atoms with Crippen molar-refractivity contribution in [1.29, 1.82) is 0 Å². The summed E-state index contributed by atoms with van der Waals surface area (Å²) in [7, 11) is 0. The molecule has 2 N–H and O–H groups in total. The van der Waals surface area contributed by atoms with Crippen molar-refractivity contribution >= 4 is 28.3 Å². The van der Waals surface area contributed by atoms with Crippen molar-refractivity contribution < 1.29 is 4.79 Å². The third kappa shape index (κ3) is 3.26. The molecule has 1 saturated carbocycles. The van der Waals surface area contributed by atoms with Crippen molar-refractivity contribution in [2.45, 2.75) is 44.7 Å². The number of carbonyl (C=O) groups excluding carboxylic acids is 1. The van der Waals surface area contributed by atoms with Crippen LogP contribution in [0.4, 0.5) is 0 Å². The number of H-pyrrole nitrogens is 1. The summed E-state index contributed by atoms with van der Waals surface area (Å²) in [6.45, 7) is 0.522. The maximum Gasteiger partial charge on any atom is 0.326 e. The SMILES string of the molecule is O=C(NCc1cccs1)c1ccc2c(c1)[nH]c(=O)n2C1CCCCC1. The van der Waals surface area contributed by atoms with Gasteiger partial charge in [0.1, 0.15) is 0 Å². The van der Waals surface area contributed by atoms with Gasteiger partial charge in [0.25, 0.3) is 5.91 Å². The first-order valence-corrected chi connectivity index (χ1v) is 9.65. The van der Waals surface area contributed by atoms with Crippen LogP contribution < -0.4 is 11.0 Å². The smallest absolute Gasteiger partial charge is 0.326 e. The van der Waals surface area contributed by atoms with Crippen LogP contribution in [0, 0.1) is 0 Å². The summed E-state index contributed by atoms with van der Waals surface area (Å²) in [4.78, 5) is 28.8. The van der Waals surface area contributed by atoms with E-state index in [2.05, 4.69) is 10.3 Å². The summed E-state index contributed by atoms with van der Waals surface area (Å²) < 4.78 is 1.88. The van der Waals surface area contributed by atoms with Crippen LogP contribution in [0.1, 0.15) is 53.4 Å². The fraction of sp³-hybridized carbons (Fsp3) is 0.368. The Morgan fingerprint density at radius 3 is 2.84 bits per heavy atom. The third-order valence-corrected chi connectivity index (χ3v) is 5.80. The number of hydrogen-bond acceptors (Lipinski definition) is 3. The lowest BCUT2D eigenvalue weighted by atomic mass is 9.95. The number of hydrogen-bond donors (Lipinski definition) is 2. The van der Waals surface area contributed by atoms with Crippen molar-refractivity contribution in [3.63, 3.8) is 0 Å². The number of thiophene rings is 1. The Labute approximate surface area is 149 Å². The summed E-state index contributed by atoms with van der Waals surface area (Å²) in [6.07, 6.45) is 5.70. The monoisotopic (exact) mass is 355 g/mol. The molecule has 1 amide bonds. The molecule has 0 bridgehead atoms. The van der Waals surface area contributed by atoms with Gasteiger partial charge in [0.2, 0.25) is 0 Å². The average molecular weight is 355 g/mol. The fourth-order valence-electron chi connectivity index (χ4n) is 3.66. The van der Waals surface area contributed by atoms with E-state index in [1.165, 1.54) is 19.3 Å². The third-order valence-electron chi connectivity index (χ3n) is 4.92. The molecule has 6 heteroatoms. The highest BCUT2D eigenvalue weighted by atomic mass is 32.1. The van der Waals surface area contributed by atoms with Gasteiger partial charge >= 0.3 is 5.69 Å². The number of fused-ring (bicyclic) bond motifs is 1. The molecule has 1 aliphatic carbocycles. The zero-order chi connectivity index (χ0) is 17.2. The van der Waals surface area contributed by atoms with E-state index in [0.717, 1.165) is 28.8 Å². The summed E-state index contributed by atoms with van der Waals surface area (Å²) in [5, 5.41) is 4.92. The number of aromatic amines is 1. The van der Waals surface area contributed by atoms with E-state index in [0.29, 0.717) is 12.1 Å². The zero-order valence-corrected chi connectivity index (χ0v) is 14.8. The molecular formula is C19H21N3O2S. The zero-order valence-electron chi connectivity index (χ0n) is 14.0. The van der Waals surface area contributed by atoms with Crippen molar-refractivity contribution in [3.8, 4) is 0 Å². The largest absolute Gasteiger partial charge is 0.347 e. The molecule has 25 heavy (non-hydrogen) atoms. The van der Waals surface area contributed by atoms with Crippen molar-refractivity contribution in [2.75, 3.05) is 0 Å². The quantitative estimate of drug-likeness (QED) is 0.747. The van der Waals surface area contributed by atoms with E-state index in [-0.39, 0.29) is 17.6 Å². The predicted molar refractivity (Wildman–Crippen MR) is 100 cm³/mol. The highest BCUT2D eigenvalue weighted by Crippen LogP contribution is 2.29. The molecule has 0 unspecified atom stereocenters. The van der Waals surface area contributed by atoms with Gasteiger partial charge in [0, 0.05) is 16.5 Å². The van der Waals surface area contributed by atoms with E-state index in [9.17, 15) is 9.59 Å². The number of aromatic nitrogens is 2. The van der Waals surface area contributed by atoms with Crippen molar-refractivity contribution in [2.24, 2.45) is 0 Å². The molecule has 5 nitrogen and oxygen atoms in total. The number of carbonyl (C=O) groups is 1. The molecule has 2 heterocycles. The molecule has 1 fully saturated rings. The normalized spacial score (nSPS) is 15.5. The molecule has 3 aromatic rings. The van der Waals surface area contributed by atoms with E-state index < -0.39 is 0 Å². The number of nitrogens with one attached hydrogen (secondary N) is 2. The maximum absolute atomic E-state index is 12.4. The Balaban J connectivity index is 1.58. The lowest BCUT2D eigenvalue weighted by Gasteiger charge is -2.22. The summed E-state index contributed by atoms with van der Waals surface area (Å²) in [5.74, 6) is -0.124. The van der Waals surface area contributed by atoms with Crippen LogP contribution >= 0.6 is 11.3 Å². The molecule has 2 aromatic heterocycles. The van der Waals surface area contributed by atoms with E-state index in [1.54, 1.807) is 23.5 Å². The number of amides is 1. The number of benzene rings is 1. The lowest BCUT2D eigenvalue weighted by molar-refractivity contribution is 0.0951. The van der Waals surface area contributed by atoms with Gasteiger partial charge in [0.15, 0.2) is 0 Å². The van der Waals surface area contributed by atoms with Gasteiger partial charge in [-0.15, -0.1) is 11.3 Å². The minimum atomic E-state index is -0.124. The minimum Gasteiger partial charge on any atom is -0.347 e. The Kier molecular flexibility index (Phi) is 4.44. The van der Waals surface area contributed by atoms with Crippen LogP contribution in [-0.4, -0.2) is 15.5 Å². The Hall–Kier alpha value is -2.34. The first-order valence-electron chi connectivity index (χ1n) is 8.77. The Morgan fingerprint density at radius 2 is 2.08 bits per heavy atom. The van der Waals surface area contributed by atoms with E-state index in [4.69, 9.17) is 0 Å². The minimum absolute atomic E-state index is 0.0713. The number of rotatable bonds is 4. The van der Waals surface area contributed by atoms with E-state index in [1.807, 2.05) is 28.1 Å². The van der Waals surface area contributed by atoms with Crippen LogP contribution in [0.2, 0.25) is 0 Å². The van der Waals surface area contributed by atoms with Crippen LogP contribution in [0.15, 0.2) is 40.5 Å². The van der Waals surface area contributed by atoms with E-state index >= 15 is 0 Å². The fourth-order valence-corrected chi connectivity index (χ4v) is 4.30. The average Bonchev–Trinajstić information content (AvgIpc) is 3.26. The van der Waals surface area contributed by atoms with Gasteiger partial charge in [-0.3, -0.25) is 9.36 Å². The first kappa shape index (κ1) is 16.1. The Bertz CT molecular complexity index is 933. The molecule has 1 aromatic carbocycles. The molecule has 0 atom stereocenters. The molecule has 0 spiro atoms. The van der Waals surface area contributed by atoms with Gasteiger partial charge in [-0.2, -0.15) is 0 Å². The molecule has 0 aliphatic heterocycles. The van der Waals surface area contributed by atoms with Gasteiger partial charge in [-0.25, -0.2) is 4.79 Å². The van der Waals surface area contributed by atoms with Crippen LogP contribution in [0.3, 0.4) is 0 Å². The predicted octanol–water partition coefficient (Wildman–Crippen LogP) is 3.83. The maximum atomic E-state index is 12.4. The van der Waals surface area contributed by atoms with Crippen molar-refractivity contribution in [3.05, 3.63) is 56.6 Å². The number of nitrogens with zero attached hydrogens (tertiary/aromatic N) is 1. The van der Waals surface area contributed by atoms with Gasteiger partial charge < -0.3 is 10.3 Å². The first-order chi connectivity index (χ1) is 12.2. The molecule has 0 saturated heterocycles. The molecule has 0 radical (unpaired) electrons. The van der Waals surface area contributed by atoms with Gasteiger partial charge in [0.05, 0.1) is 17.6 Å². The molecule has 130 valence electrons. The van der Waals surface area contributed by atoms with Gasteiger partial charge in [-0.05, 0) is 42.5 Å². The van der Waals surface area contributed by atoms with Crippen LogP contribution in [0.5, 0.6) is 0 Å². The second-order valence-corrected chi connectivity index (χ2v) is 7.62. The van der Waals surface area contributed by atoms with Gasteiger partial charge in [-0.1, -0.05) is 25.3 Å². The lowest BCUT2D eigenvalue weighted by Crippen LogP contribution is -2.24. The highest BCUT2D eigenvalue weighted by Gasteiger charge is 2.20. The highest BCUT2D eigenvalue weighted by molar-refractivity contribution is 7.09. The Morgan fingerprint density at radius 1 is 1.24 bits per heavy atom. The van der Waals surface area contributed by atoms with Crippen LogP contribution in [0.25, 0.3) is 11.0 Å². The topological polar surface area (TPSA) is 66.9 Å². The molecule has 1 aliphatic rings. The summed E-state index contributed by atoms with van der Waals surface area (Å²) in [6, 6.07) is 9.71. The summed E-state index contributed by atoms with van der Waals surface area (Å²) in [5.41, 5.74) is 2.13. The standard InChI is InChI=1S/C19H21N3O2S/c23-18(20-12-15-7-4-10-25-15)13-8-9-17-16(11-13)21-19(24)22(17)14-5-2-1-3-6-14/h4,7-11,14H,1-3,5-6,12H2,(H,20,23)(H,21,24). The molecular weight excluding hydrogens is 334 g/mol.